The number of carbonyl (C=O) groups excluding carboxylic acids is 2. The second-order valence-electron chi connectivity index (χ2n) is 6.34. The van der Waals surface area contributed by atoms with E-state index in [1.54, 1.807) is 31.2 Å². The minimum absolute atomic E-state index is 0.143. The van der Waals surface area contributed by atoms with Crippen molar-refractivity contribution in [1.82, 2.24) is 5.32 Å². The number of carbonyl (C=O) groups is 2. The summed E-state index contributed by atoms with van der Waals surface area (Å²) in [5, 5.41) is 8.11. The summed E-state index contributed by atoms with van der Waals surface area (Å²) in [4.78, 5) is 23.0. The number of nitrogens with one attached hydrogen (secondary N) is 3. The van der Waals surface area contributed by atoms with Crippen LogP contribution >= 0.6 is 0 Å². The average molecular weight is 355 g/mol. The quantitative estimate of drug-likeness (QED) is 0.675. The summed E-state index contributed by atoms with van der Waals surface area (Å²) in [6.45, 7) is 7.47. The lowest BCUT2D eigenvalue weighted by atomic mass is 10.0. The molecule has 2 aromatic rings. The Kier molecular flexibility index (Phi) is 6.60. The molecule has 3 N–H and O–H groups in total. The molecule has 0 saturated carbocycles. The van der Waals surface area contributed by atoms with E-state index in [2.05, 4.69) is 29.8 Å². The van der Waals surface area contributed by atoms with Crippen LogP contribution in [0.3, 0.4) is 0 Å². The Morgan fingerprint density at radius 1 is 0.846 bits per heavy atom. The number of hydrogen-bond donors (Lipinski definition) is 3. The maximum atomic E-state index is 12.0. The third-order valence-electron chi connectivity index (χ3n) is 3.66. The van der Waals surface area contributed by atoms with Crippen molar-refractivity contribution < 1.29 is 14.3 Å². The smallest absolute Gasteiger partial charge is 0.322 e. The molecule has 6 nitrogen and oxygen atoms in total. The van der Waals surface area contributed by atoms with Gasteiger partial charge in [0.05, 0.1) is 0 Å². The molecule has 26 heavy (non-hydrogen) atoms. The molecule has 6 heteroatoms. The first-order valence-electron chi connectivity index (χ1n) is 8.55. The largest absolute Gasteiger partial charge is 0.471 e. The van der Waals surface area contributed by atoms with E-state index in [0.29, 0.717) is 23.0 Å². The van der Waals surface area contributed by atoms with Crippen molar-refractivity contribution in [3.8, 4) is 5.75 Å². The van der Waals surface area contributed by atoms with Crippen LogP contribution in [0.4, 0.5) is 16.2 Å². The number of benzene rings is 2. The van der Waals surface area contributed by atoms with Gasteiger partial charge in [-0.2, -0.15) is 0 Å². The van der Waals surface area contributed by atoms with E-state index >= 15 is 0 Å². The van der Waals surface area contributed by atoms with Crippen LogP contribution in [0.1, 0.15) is 39.2 Å². The number of anilines is 2. The summed E-state index contributed by atoms with van der Waals surface area (Å²) >= 11 is 0. The van der Waals surface area contributed by atoms with Gasteiger partial charge in [-0.3, -0.25) is 4.79 Å². The lowest BCUT2D eigenvalue weighted by Crippen LogP contribution is -2.39. The molecule has 3 amide bonds. The van der Waals surface area contributed by atoms with Crippen molar-refractivity contribution in [2.75, 3.05) is 10.6 Å². The van der Waals surface area contributed by atoms with Gasteiger partial charge in [-0.25, -0.2) is 4.79 Å². The molecule has 1 atom stereocenters. The monoisotopic (exact) mass is 355 g/mol. The highest BCUT2D eigenvalue weighted by atomic mass is 16.5. The molecule has 0 aliphatic rings. The molecule has 0 aliphatic carbocycles. The van der Waals surface area contributed by atoms with Crippen LogP contribution in [0.25, 0.3) is 0 Å². The Morgan fingerprint density at radius 2 is 1.38 bits per heavy atom. The van der Waals surface area contributed by atoms with Crippen molar-refractivity contribution in [3.05, 3.63) is 54.1 Å². The number of amides is 3. The topological polar surface area (TPSA) is 79.5 Å². The van der Waals surface area contributed by atoms with E-state index in [9.17, 15) is 9.59 Å². The molecule has 1 unspecified atom stereocenters. The van der Waals surface area contributed by atoms with Gasteiger partial charge in [0.1, 0.15) is 5.75 Å². The molecule has 138 valence electrons. The lowest BCUT2D eigenvalue weighted by Gasteiger charge is -2.17. The molecule has 2 rings (SSSR count). The van der Waals surface area contributed by atoms with E-state index < -0.39 is 6.23 Å². The molecule has 0 spiro atoms. The Hall–Kier alpha value is -3.02. The van der Waals surface area contributed by atoms with Crippen LogP contribution < -0.4 is 20.7 Å². The molecule has 0 aliphatic heterocycles. The first kappa shape index (κ1) is 19.3. The van der Waals surface area contributed by atoms with Gasteiger partial charge >= 0.3 is 6.03 Å². The summed E-state index contributed by atoms with van der Waals surface area (Å²) in [5.74, 6) is 1.01. The molecule has 0 aromatic heterocycles. The van der Waals surface area contributed by atoms with Gasteiger partial charge in [-0.05, 0) is 54.8 Å². The van der Waals surface area contributed by atoms with Crippen LogP contribution in [-0.2, 0) is 4.79 Å². The van der Waals surface area contributed by atoms with Crippen LogP contribution in [0, 0.1) is 0 Å². The predicted octanol–water partition coefficient (Wildman–Crippen LogP) is 4.31. The zero-order valence-electron chi connectivity index (χ0n) is 15.5. The van der Waals surface area contributed by atoms with Crippen molar-refractivity contribution in [1.29, 1.82) is 0 Å². The minimum atomic E-state index is -0.487. The predicted molar refractivity (Wildman–Crippen MR) is 104 cm³/mol. The Balaban J connectivity index is 1.83. The van der Waals surface area contributed by atoms with Gasteiger partial charge < -0.3 is 20.7 Å². The van der Waals surface area contributed by atoms with Crippen molar-refractivity contribution in [2.45, 2.75) is 39.8 Å². The molecule has 0 saturated heterocycles. The Morgan fingerprint density at radius 3 is 1.88 bits per heavy atom. The van der Waals surface area contributed by atoms with Crippen LogP contribution in [0.15, 0.2) is 48.5 Å². The number of urea groups is 1. The molecule has 0 fully saturated rings. The number of hydrogen-bond acceptors (Lipinski definition) is 3. The fraction of sp³-hybridized carbons (Fsp3) is 0.300. The molecule has 0 radical (unpaired) electrons. The highest BCUT2D eigenvalue weighted by Gasteiger charge is 2.09. The fourth-order valence-electron chi connectivity index (χ4n) is 2.36. The minimum Gasteiger partial charge on any atom is -0.471 e. The van der Waals surface area contributed by atoms with Crippen molar-refractivity contribution in [3.63, 3.8) is 0 Å². The summed E-state index contributed by atoms with van der Waals surface area (Å²) in [6, 6.07) is 14.3. The normalized spacial score (nSPS) is 11.6. The second kappa shape index (κ2) is 8.89. The fourth-order valence-corrected chi connectivity index (χ4v) is 2.36. The maximum Gasteiger partial charge on any atom is 0.322 e. The van der Waals surface area contributed by atoms with E-state index in [1.807, 2.05) is 24.3 Å². The van der Waals surface area contributed by atoms with E-state index in [0.717, 1.165) is 0 Å². The van der Waals surface area contributed by atoms with Crippen molar-refractivity contribution >= 4 is 23.3 Å². The van der Waals surface area contributed by atoms with E-state index in [1.165, 1.54) is 12.5 Å². The highest BCUT2D eigenvalue weighted by Crippen LogP contribution is 2.19. The van der Waals surface area contributed by atoms with Gasteiger partial charge in [0.2, 0.25) is 5.91 Å². The first-order chi connectivity index (χ1) is 12.3. The third kappa shape index (κ3) is 6.12. The summed E-state index contributed by atoms with van der Waals surface area (Å²) in [6.07, 6.45) is -0.487. The standard InChI is InChI=1S/C20H25N3O3/c1-13(2)16-5-11-19(12-6-16)26-15(4)22-20(25)23-18-9-7-17(8-10-18)21-14(3)24/h5-13,15H,1-4H3,(H,21,24)(H2,22,23,25). The molecule has 2 aromatic carbocycles. The average Bonchev–Trinajstić information content (AvgIpc) is 2.56. The second-order valence-corrected chi connectivity index (χ2v) is 6.34. The number of ether oxygens (including phenoxy) is 1. The van der Waals surface area contributed by atoms with Crippen LogP contribution in [0.2, 0.25) is 0 Å². The third-order valence-corrected chi connectivity index (χ3v) is 3.66. The van der Waals surface area contributed by atoms with Gasteiger partial charge in [0.15, 0.2) is 6.23 Å². The molecule has 0 heterocycles. The van der Waals surface area contributed by atoms with Gasteiger partial charge in [0, 0.05) is 18.3 Å². The highest BCUT2D eigenvalue weighted by molar-refractivity contribution is 5.91. The molecular formula is C20H25N3O3. The van der Waals surface area contributed by atoms with Gasteiger partial charge in [0.25, 0.3) is 0 Å². The summed E-state index contributed by atoms with van der Waals surface area (Å²) < 4.78 is 5.70. The van der Waals surface area contributed by atoms with Crippen LogP contribution in [0.5, 0.6) is 5.75 Å². The number of rotatable bonds is 6. The maximum absolute atomic E-state index is 12.0. The van der Waals surface area contributed by atoms with E-state index in [4.69, 9.17) is 4.74 Å². The first-order valence-corrected chi connectivity index (χ1v) is 8.55. The molecular weight excluding hydrogens is 330 g/mol. The SMILES string of the molecule is CC(=O)Nc1ccc(NC(=O)NC(C)Oc2ccc(C(C)C)cc2)cc1. The van der Waals surface area contributed by atoms with Gasteiger partial charge in [-0.15, -0.1) is 0 Å². The lowest BCUT2D eigenvalue weighted by molar-refractivity contribution is -0.114. The zero-order valence-corrected chi connectivity index (χ0v) is 15.5. The zero-order chi connectivity index (χ0) is 19.1. The van der Waals surface area contributed by atoms with Crippen LogP contribution in [-0.4, -0.2) is 18.2 Å². The molecule has 0 bridgehead atoms. The van der Waals surface area contributed by atoms with Gasteiger partial charge in [-0.1, -0.05) is 26.0 Å². The summed E-state index contributed by atoms with van der Waals surface area (Å²) in [5.41, 5.74) is 2.52. The Labute approximate surface area is 153 Å². The Bertz CT molecular complexity index is 740. The van der Waals surface area contributed by atoms with E-state index in [-0.39, 0.29) is 11.9 Å². The van der Waals surface area contributed by atoms with Crippen molar-refractivity contribution in [2.24, 2.45) is 0 Å². The summed E-state index contributed by atoms with van der Waals surface area (Å²) in [7, 11) is 0.